The number of rotatable bonds is 61. The lowest BCUT2D eigenvalue weighted by Gasteiger charge is -2.18. The summed E-state index contributed by atoms with van der Waals surface area (Å²) in [6.07, 6.45) is 92.6. The van der Waals surface area contributed by atoms with Crippen molar-refractivity contribution in [3.05, 3.63) is 109 Å². The van der Waals surface area contributed by atoms with E-state index in [0.29, 0.717) is 19.3 Å². The zero-order valence-corrected chi connectivity index (χ0v) is 52.6. The van der Waals surface area contributed by atoms with E-state index in [1.54, 1.807) is 0 Å². The molecule has 0 N–H and O–H groups in total. The van der Waals surface area contributed by atoms with Gasteiger partial charge in [0.05, 0.1) is 0 Å². The quantitative estimate of drug-likeness (QED) is 0.0261. The summed E-state index contributed by atoms with van der Waals surface area (Å²) in [6, 6.07) is 0. The Hall–Kier alpha value is -3.93. The first kappa shape index (κ1) is 76.1. The second-order valence-corrected chi connectivity index (χ2v) is 22.4. The first-order valence-corrected chi connectivity index (χ1v) is 33.9. The van der Waals surface area contributed by atoms with Crippen LogP contribution in [0.15, 0.2) is 109 Å². The molecule has 0 amide bonds. The summed E-state index contributed by atoms with van der Waals surface area (Å²) in [5.41, 5.74) is 0. The first-order valence-electron chi connectivity index (χ1n) is 33.9. The Labute approximate surface area is 495 Å². The minimum atomic E-state index is -0.817. The molecule has 0 rings (SSSR count). The second-order valence-electron chi connectivity index (χ2n) is 22.4. The van der Waals surface area contributed by atoms with E-state index in [9.17, 15) is 14.4 Å². The van der Waals surface area contributed by atoms with Crippen LogP contribution >= 0.6 is 0 Å². The lowest BCUT2D eigenvalue weighted by Crippen LogP contribution is -2.30. The molecule has 0 aliphatic heterocycles. The number of hydrogen-bond donors (Lipinski definition) is 0. The minimum Gasteiger partial charge on any atom is -0.462 e. The third-order valence-electron chi connectivity index (χ3n) is 14.5. The van der Waals surface area contributed by atoms with Gasteiger partial charge in [-0.2, -0.15) is 0 Å². The Bertz CT molecular complexity index is 1610. The fraction of sp³-hybridized carbons (Fsp3) is 0.716. The van der Waals surface area contributed by atoms with Gasteiger partial charge in [0.25, 0.3) is 0 Å². The monoisotopic (exact) mass is 1110 g/mol. The van der Waals surface area contributed by atoms with E-state index >= 15 is 0 Å². The van der Waals surface area contributed by atoms with Gasteiger partial charge in [-0.15, -0.1) is 0 Å². The number of allylic oxidation sites excluding steroid dienone is 18. The molecule has 458 valence electrons. The number of ether oxygens (including phenoxy) is 3. The molecule has 0 bridgehead atoms. The van der Waals surface area contributed by atoms with Crippen LogP contribution in [0, 0.1) is 0 Å². The molecule has 0 saturated carbocycles. The van der Waals surface area contributed by atoms with Crippen molar-refractivity contribution in [3.63, 3.8) is 0 Å². The third-order valence-corrected chi connectivity index (χ3v) is 14.5. The molecule has 0 aromatic heterocycles. The molecule has 6 heteroatoms. The Morgan fingerprint density at radius 2 is 0.512 bits per heavy atom. The summed E-state index contributed by atoms with van der Waals surface area (Å²) in [6.45, 7) is 6.46. The topological polar surface area (TPSA) is 78.9 Å². The van der Waals surface area contributed by atoms with Gasteiger partial charge in [0.15, 0.2) is 6.10 Å². The van der Waals surface area contributed by atoms with Crippen LogP contribution in [0.2, 0.25) is 0 Å². The third kappa shape index (κ3) is 64.9. The van der Waals surface area contributed by atoms with Crippen LogP contribution in [-0.4, -0.2) is 37.2 Å². The maximum absolute atomic E-state index is 12.9. The molecule has 0 aliphatic carbocycles. The van der Waals surface area contributed by atoms with Crippen LogP contribution in [-0.2, 0) is 28.6 Å². The van der Waals surface area contributed by atoms with Crippen molar-refractivity contribution in [1.29, 1.82) is 0 Å². The largest absolute Gasteiger partial charge is 0.462 e. The molecule has 0 fully saturated rings. The van der Waals surface area contributed by atoms with Gasteiger partial charge in [-0.05, 0) is 96.3 Å². The molecule has 0 heterocycles. The highest BCUT2D eigenvalue weighted by molar-refractivity contribution is 5.71. The number of carbonyl (C=O) groups excluding carboxylic acids is 3. The van der Waals surface area contributed by atoms with E-state index in [1.165, 1.54) is 161 Å². The fourth-order valence-corrected chi connectivity index (χ4v) is 9.45. The van der Waals surface area contributed by atoms with Gasteiger partial charge < -0.3 is 14.2 Å². The highest BCUT2D eigenvalue weighted by atomic mass is 16.6. The highest BCUT2D eigenvalue weighted by Crippen LogP contribution is 2.17. The van der Waals surface area contributed by atoms with E-state index < -0.39 is 6.10 Å². The Morgan fingerprint density at radius 1 is 0.263 bits per heavy atom. The molecule has 80 heavy (non-hydrogen) atoms. The maximum Gasteiger partial charge on any atom is 0.306 e. The minimum absolute atomic E-state index is 0.104. The zero-order chi connectivity index (χ0) is 57.8. The zero-order valence-electron chi connectivity index (χ0n) is 52.6. The predicted molar refractivity (Wildman–Crippen MR) is 348 cm³/mol. The van der Waals surface area contributed by atoms with Crippen LogP contribution in [0.1, 0.15) is 323 Å². The number of esters is 3. The molecule has 0 aliphatic rings. The molecule has 6 nitrogen and oxygen atoms in total. The van der Waals surface area contributed by atoms with E-state index in [-0.39, 0.29) is 37.5 Å². The molecule has 0 radical (unpaired) electrons. The van der Waals surface area contributed by atoms with Gasteiger partial charge in [0.1, 0.15) is 13.2 Å². The summed E-state index contributed by atoms with van der Waals surface area (Å²) in [7, 11) is 0. The van der Waals surface area contributed by atoms with Crippen LogP contribution in [0.5, 0.6) is 0 Å². The normalized spacial score (nSPS) is 12.8. The number of hydrogen-bond acceptors (Lipinski definition) is 6. The summed E-state index contributed by atoms with van der Waals surface area (Å²) in [5, 5.41) is 0. The summed E-state index contributed by atoms with van der Waals surface area (Å²) in [5.74, 6) is -0.969. The fourth-order valence-electron chi connectivity index (χ4n) is 9.45. The standard InChI is InChI=1S/C74H126O6/c1-4-7-10-13-16-19-22-25-28-30-32-34-36-37-39-40-42-44-46-49-52-55-58-61-64-67-73(76)79-70-71(69-78-72(75)66-63-60-57-54-51-48-27-24-21-18-15-12-9-6-3)80-74(77)68-65-62-59-56-53-50-47-45-43-41-38-35-33-31-29-26-23-20-17-14-11-8-5-2/h8,11,15,17-18,20,24,26-27,29,33,35,41,43,47,50,56,59,71H,4-7,9-10,12-14,16,19,21-23,25,28,30-32,34,36-40,42,44-46,48-49,51-55,57-58,60-70H2,1-3H3/b11-8-,18-15-,20-17-,27-24-,29-26-,35-33-,43-41-,50-47-,59-56-. The number of unbranched alkanes of at least 4 members (excludes halogenated alkanes) is 32. The van der Waals surface area contributed by atoms with Crippen molar-refractivity contribution < 1.29 is 28.6 Å². The predicted octanol–water partition coefficient (Wildman–Crippen LogP) is 23.4. The van der Waals surface area contributed by atoms with E-state index in [0.717, 1.165) is 116 Å². The van der Waals surface area contributed by atoms with Crippen molar-refractivity contribution in [2.75, 3.05) is 13.2 Å². The van der Waals surface area contributed by atoms with Crippen molar-refractivity contribution in [1.82, 2.24) is 0 Å². The molecule has 0 saturated heterocycles. The summed E-state index contributed by atoms with van der Waals surface area (Å²) < 4.78 is 16.9. The lowest BCUT2D eigenvalue weighted by molar-refractivity contribution is -0.167. The van der Waals surface area contributed by atoms with Crippen LogP contribution in [0.25, 0.3) is 0 Å². The first-order chi connectivity index (χ1) is 39.5. The van der Waals surface area contributed by atoms with Crippen molar-refractivity contribution in [3.8, 4) is 0 Å². The summed E-state index contributed by atoms with van der Waals surface area (Å²) in [4.78, 5) is 38.4. The Balaban J connectivity index is 4.40. The van der Waals surface area contributed by atoms with E-state index in [1.807, 2.05) is 0 Å². The van der Waals surface area contributed by atoms with E-state index in [2.05, 4.69) is 130 Å². The maximum atomic E-state index is 12.9. The van der Waals surface area contributed by atoms with Crippen LogP contribution < -0.4 is 0 Å². The van der Waals surface area contributed by atoms with Gasteiger partial charge >= 0.3 is 17.9 Å². The molecule has 0 aromatic carbocycles. The van der Waals surface area contributed by atoms with Gasteiger partial charge in [-0.25, -0.2) is 0 Å². The second kappa shape index (κ2) is 67.6. The molecular formula is C74H126O6. The average Bonchev–Trinajstić information content (AvgIpc) is 3.46. The van der Waals surface area contributed by atoms with Gasteiger partial charge in [-0.3, -0.25) is 14.4 Å². The Morgan fingerprint density at radius 3 is 0.838 bits per heavy atom. The lowest BCUT2D eigenvalue weighted by atomic mass is 10.0. The van der Waals surface area contributed by atoms with Crippen LogP contribution in [0.4, 0.5) is 0 Å². The summed E-state index contributed by atoms with van der Waals surface area (Å²) >= 11 is 0. The Kier molecular flexibility index (Phi) is 64.3. The SMILES string of the molecule is CC/C=C\C/C=C\C/C=C\C/C=C\C/C=C\C/C=C\C/C=C\CCCC(=O)OC(COC(=O)CCCCCCC/C=C\C/C=C\CCCC)COC(=O)CCCCCCCCCCCCCCCCCCCCCCCCCCC. The molecule has 0 spiro atoms. The van der Waals surface area contributed by atoms with Gasteiger partial charge in [0, 0.05) is 19.3 Å². The molecule has 1 unspecified atom stereocenters. The molecule has 1 atom stereocenters. The number of carbonyl (C=O) groups is 3. The molecular weight excluding hydrogens is 985 g/mol. The van der Waals surface area contributed by atoms with Crippen LogP contribution in [0.3, 0.4) is 0 Å². The van der Waals surface area contributed by atoms with Crippen molar-refractivity contribution >= 4 is 17.9 Å². The smallest absolute Gasteiger partial charge is 0.306 e. The highest BCUT2D eigenvalue weighted by Gasteiger charge is 2.19. The van der Waals surface area contributed by atoms with Crippen molar-refractivity contribution in [2.45, 2.75) is 329 Å². The van der Waals surface area contributed by atoms with Crippen molar-refractivity contribution in [2.24, 2.45) is 0 Å². The van der Waals surface area contributed by atoms with E-state index in [4.69, 9.17) is 14.2 Å². The van der Waals surface area contributed by atoms with Gasteiger partial charge in [-0.1, -0.05) is 316 Å². The van der Waals surface area contributed by atoms with Gasteiger partial charge in [0.2, 0.25) is 0 Å². The molecule has 0 aromatic rings. The average molecular weight is 1110 g/mol.